The molecule has 0 fully saturated rings. The summed E-state index contributed by atoms with van der Waals surface area (Å²) in [5.41, 5.74) is 0.0881. The van der Waals surface area contributed by atoms with Crippen molar-refractivity contribution in [3.05, 3.63) is 29.9 Å². The summed E-state index contributed by atoms with van der Waals surface area (Å²) in [6.07, 6.45) is 1.99. The molecule has 1 rings (SSSR count). The zero-order chi connectivity index (χ0) is 13.4. The van der Waals surface area contributed by atoms with Crippen LogP contribution in [0, 0.1) is 0 Å². The summed E-state index contributed by atoms with van der Waals surface area (Å²) < 4.78 is 4.89. The van der Waals surface area contributed by atoms with Gasteiger partial charge in [0.25, 0.3) is 0 Å². The minimum Gasteiger partial charge on any atom is -0.502 e. The summed E-state index contributed by atoms with van der Waals surface area (Å²) in [6.45, 7) is 4.31. The molecule has 1 aromatic rings. The highest BCUT2D eigenvalue weighted by Crippen LogP contribution is 2.22. The molecular formula is C11H14N2O4S. The average Bonchev–Trinajstić information content (AvgIpc) is 2.77. The summed E-state index contributed by atoms with van der Waals surface area (Å²) in [4.78, 5) is 22.3. The molecule has 98 valence electrons. The molecule has 1 heterocycles. The Labute approximate surface area is 108 Å². The smallest absolute Gasteiger partial charge is 0.338 e. The lowest BCUT2D eigenvalue weighted by Crippen LogP contribution is -2.30. The molecule has 0 saturated carbocycles. The molecule has 0 aliphatic heterocycles. The number of ether oxygens (including phenoxy) is 1. The van der Waals surface area contributed by atoms with Crippen molar-refractivity contribution in [3.8, 4) is 0 Å². The lowest BCUT2D eigenvalue weighted by Gasteiger charge is -2.06. The van der Waals surface area contributed by atoms with Crippen molar-refractivity contribution in [1.82, 2.24) is 5.32 Å². The molecule has 7 heteroatoms. The van der Waals surface area contributed by atoms with Gasteiger partial charge in [0.15, 0.2) is 0 Å². The van der Waals surface area contributed by atoms with Crippen LogP contribution in [-0.2, 0) is 4.74 Å². The van der Waals surface area contributed by atoms with Crippen molar-refractivity contribution in [2.75, 3.05) is 18.5 Å². The van der Waals surface area contributed by atoms with E-state index in [1.165, 1.54) is 12.3 Å². The van der Waals surface area contributed by atoms with Crippen molar-refractivity contribution < 1.29 is 19.4 Å². The lowest BCUT2D eigenvalue weighted by molar-refractivity contribution is 0.0698. The van der Waals surface area contributed by atoms with Gasteiger partial charge in [0.05, 0.1) is 18.4 Å². The highest BCUT2D eigenvalue weighted by Gasteiger charge is 2.13. The third-order valence-electron chi connectivity index (χ3n) is 1.97. The number of urea groups is 1. The Morgan fingerprint density at radius 1 is 1.56 bits per heavy atom. The molecule has 0 aliphatic carbocycles. The zero-order valence-corrected chi connectivity index (χ0v) is 10.5. The second kappa shape index (κ2) is 7.33. The van der Waals surface area contributed by atoms with E-state index in [-0.39, 0.29) is 5.56 Å². The zero-order valence-electron chi connectivity index (χ0n) is 9.64. The van der Waals surface area contributed by atoms with Gasteiger partial charge in [0, 0.05) is 6.54 Å². The van der Waals surface area contributed by atoms with Gasteiger partial charge in [-0.1, -0.05) is 6.58 Å². The Kier molecular flexibility index (Phi) is 5.72. The number of amides is 2. The second-order valence-corrected chi connectivity index (χ2v) is 4.16. The summed E-state index contributed by atoms with van der Waals surface area (Å²) in [6, 6.07) is 1.01. The molecule has 6 nitrogen and oxygen atoms in total. The molecule has 0 unspecified atom stereocenters. The van der Waals surface area contributed by atoms with Gasteiger partial charge in [0.2, 0.25) is 0 Å². The number of thiophene rings is 1. The second-order valence-electron chi connectivity index (χ2n) is 3.24. The number of hydrogen-bond acceptors (Lipinski definition) is 4. The molecular weight excluding hydrogens is 256 g/mol. The van der Waals surface area contributed by atoms with E-state index < -0.39 is 12.0 Å². The Balaban J connectivity index is 2.33. The molecule has 0 radical (unpaired) electrons. The predicted octanol–water partition coefficient (Wildman–Crippen LogP) is 2.12. The van der Waals surface area contributed by atoms with E-state index in [4.69, 9.17) is 9.84 Å². The summed E-state index contributed by atoms with van der Waals surface area (Å²) >= 11 is 1.16. The number of aromatic carboxylic acids is 1. The third-order valence-corrected chi connectivity index (χ3v) is 2.79. The minimum absolute atomic E-state index is 0.0881. The fourth-order valence-electron chi connectivity index (χ4n) is 1.16. The van der Waals surface area contributed by atoms with Gasteiger partial charge in [-0.15, -0.1) is 11.3 Å². The van der Waals surface area contributed by atoms with Crippen molar-refractivity contribution in [2.24, 2.45) is 0 Å². The van der Waals surface area contributed by atoms with Gasteiger partial charge in [-0.05, 0) is 17.9 Å². The Hall–Kier alpha value is -2.02. The number of nitrogens with one attached hydrogen (secondary N) is 2. The average molecular weight is 270 g/mol. The number of hydrogen-bond donors (Lipinski definition) is 3. The minimum atomic E-state index is -1.06. The number of carboxylic acids is 1. The fourth-order valence-corrected chi connectivity index (χ4v) is 1.94. The van der Waals surface area contributed by atoms with E-state index in [1.807, 2.05) is 0 Å². The Morgan fingerprint density at radius 2 is 2.33 bits per heavy atom. The maximum Gasteiger partial charge on any atom is 0.338 e. The first kappa shape index (κ1) is 14.0. The molecule has 2 amide bonds. The van der Waals surface area contributed by atoms with Crippen LogP contribution in [0.5, 0.6) is 0 Å². The first-order valence-electron chi connectivity index (χ1n) is 5.23. The van der Waals surface area contributed by atoms with Crippen LogP contribution < -0.4 is 10.6 Å². The van der Waals surface area contributed by atoms with Crippen LogP contribution in [0.3, 0.4) is 0 Å². The fraction of sp³-hybridized carbons (Fsp3) is 0.273. The van der Waals surface area contributed by atoms with Crippen LogP contribution in [0.4, 0.5) is 9.80 Å². The van der Waals surface area contributed by atoms with Crippen molar-refractivity contribution in [3.63, 3.8) is 0 Å². The van der Waals surface area contributed by atoms with E-state index in [9.17, 15) is 9.59 Å². The monoisotopic (exact) mass is 270 g/mol. The van der Waals surface area contributed by atoms with Gasteiger partial charge in [-0.3, -0.25) is 5.32 Å². The van der Waals surface area contributed by atoms with E-state index in [1.54, 1.807) is 5.38 Å². The van der Waals surface area contributed by atoms with Crippen LogP contribution in [0.25, 0.3) is 0 Å². The standard InChI is InChI=1S/C11H14N2O4S/c1-2-17-6-3-5-12-11(16)13-9-8(10(14)15)4-7-18-9/h2,4,7H,1,3,5-6H2,(H,14,15)(H2,12,13,16). The van der Waals surface area contributed by atoms with E-state index in [0.29, 0.717) is 24.6 Å². The predicted molar refractivity (Wildman–Crippen MR) is 69.1 cm³/mol. The van der Waals surface area contributed by atoms with Crippen LogP contribution in [-0.4, -0.2) is 30.3 Å². The summed E-state index contributed by atoms with van der Waals surface area (Å²) in [5.74, 6) is -1.06. The number of carboxylic acid groups (broad SMARTS) is 1. The molecule has 18 heavy (non-hydrogen) atoms. The molecule has 3 N–H and O–H groups in total. The van der Waals surface area contributed by atoms with Crippen LogP contribution in [0.1, 0.15) is 16.8 Å². The van der Waals surface area contributed by atoms with E-state index in [2.05, 4.69) is 17.2 Å². The van der Waals surface area contributed by atoms with Crippen LogP contribution >= 0.6 is 11.3 Å². The molecule has 0 aliphatic rings. The van der Waals surface area contributed by atoms with Gasteiger partial charge >= 0.3 is 12.0 Å². The number of anilines is 1. The molecule has 0 bridgehead atoms. The molecule has 0 atom stereocenters. The first-order valence-corrected chi connectivity index (χ1v) is 6.11. The highest BCUT2D eigenvalue weighted by atomic mass is 32.1. The van der Waals surface area contributed by atoms with Crippen molar-refractivity contribution >= 4 is 28.3 Å². The van der Waals surface area contributed by atoms with Gasteiger partial charge < -0.3 is 15.2 Å². The quantitative estimate of drug-likeness (QED) is 0.523. The number of rotatable bonds is 7. The van der Waals surface area contributed by atoms with Gasteiger partial charge in [-0.2, -0.15) is 0 Å². The lowest BCUT2D eigenvalue weighted by atomic mass is 10.3. The SMILES string of the molecule is C=COCCCNC(=O)Nc1sccc1C(=O)O. The van der Waals surface area contributed by atoms with Crippen LogP contribution in [0.15, 0.2) is 24.3 Å². The topological polar surface area (TPSA) is 87.7 Å². The van der Waals surface area contributed by atoms with Crippen molar-refractivity contribution in [2.45, 2.75) is 6.42 Å². The van der Waals surface area contributed by atoms with Gasteiger partial charge in [0.1, 0.15) is 5.00 Å². The highest BCUT2D eigenvalue weighted by molar-refractivity contribution is 7.14. The molecule has 0 spiro atoms. The first-order chi connectivity index (χ1) is 8.65. The van der Waals surface area contributed by atoms with Gasteiger partial charge in [-0.25, -0.2) is 9.59 Å². The Bertz CT molecular complexity index is 430. The normalized spacial score (nSPS) is 9.56. The molecule has 0 aromatic carbocycles. The van der Waals surface area contributed by atoms with E-state index in [0.717, 1.165) is 11.3 Å². The number of carbonyl (C=O) groups is 2. The number of carbonyl (C=O) groups excluding carboxylic acids is 1. The summed E-state index contributed by atoms with van der Waals surface area (Å²) in [7, 11) is 0. The molecule has 1 aromatic heterocycles. The van der Waals surface area contributed by atoms with E-state index >= 15 is 0 Å². The summed E-state index contributed by atoms with van der Waals surface area (Å²) in [5, 5.41) is 15.9. The Morgan fingerprint density at radius 3 is 3.00 bits per heavy atom. The largest absolute Gasteiger partial charge is 0.502 e. The maximum absolute atomic E-state index is 11.4. The van der Waals surface area contributed by atoms with Crippen molar-refractivity contribution in [1.29, 1.82) is 0 Å². The molecule has 0 saturated heterocycles. The van der Waals surface area contributed by atoms with Crippen LogP contribution in [0.2, 0.25) is 0 Å². The third kappa shape index (κ3) is 4.46. The maximum atomic E-state index is 11.4.